The Morgan fingerprint density at radius 2 is 2.15 bits per heavy atom. The second kappa shape index (κ2) is 6.79. The molecule has 0 fully saturated rings. The smallest absolute Gasteiger partial charge is 0.254 e. The van der Waals surface area contributed by atoms with Crippen LogP contribution in [0, 0.1) is 12.8 Å². The number of nitrogens with zero attached hydrogens (tertiary/aromatic N) is 2. The SMILES string of the molecule is CCN(CC(C)/C(N)=N/O)C(=O)c1ccc(O)cc1C. The Morgan fingerprint density at radius 3 is 2.65 bits per heavy atom. The summed E-state index contributed by atoms with van der Waals surface area (Å²) in [4.78, 5) is 14.1. The molecule has 6 nitrogen and oxygen atoms in total. The summed E-state index contributed by atoms with van der Waals surface area (Å²) in [6.07, 6.45) is 0. The Hall–Kier alpha value is -2.24. The summed E-state index contributed by atoms with van der Waals surface area (Å²) >= 11 is 0. The molecule has 4 N–H and O–H groups in total. The minimum atomic E-state index is -0.235. The number of carbonyl (C=O) groups excluding carboxylic acids is 1. The van der Waals surface area contributed by atoms with Gasteiger partial charge in [0.1, 0.15) is 11.6 Å². The number of amides is 1. The van der Waals surface area contributed by atoms with Crippen LogP contribution in [-0.4, -0.2) is 40.0 Å². The second-order valence-corrected chi connectivity index (χ2v) is 4.77. The van der Waals surface area contributed by atoms with E-state index in [1.54, 1.807) is 30.9 Å². The fraction of sp³-hybridized carbons (Fsp3) is 0.429. The van der Waals surface area contributed by atoms with E-state index in [4.69, 9.17) is 10.9 Å². The largest absolute Gasteiger partial charge is 0.508 e. The number of aromatic hydroxyl groups is 1. The lowest BCUT2D eigenvalue weighted by Crippen LogP contribution is -2.39. The molecule has 1 rings (SSSR count). The molecule has 0 aliphatic heterocycles. The third-order valence-corrected chi connectivity index (χ3v) is 3.22. The van der Waals surface area contributed by atoms with Crippen LogP contribution < -0.4 is 5.73 Å². The predicted molar refractivity (Wildman–Crippen MR) is 77.0 cm³/mol. The van der Waals surface area contributed by atoms with Gasteiger partial charge in [0.25, 0.3) is 5.91 Å². The molecule has 1 amide bonds. The second-order valence-electron chi connectivity index (χ2n) is 4.77. The molecule has 110 valence electrons. The normalized spacial score (nSPS) is 13.1. The van der Waals surface area contributed by atoms with Gasteiger partial charge in [-0.3, -0.25) is 4.79 Å². The lowest BCUT2D eigenvalue weighted by molar-refractivity contribution is 0.0753. The first-order chi connectivity index (χ1) is 9.40. The van der Waals surface area contributed by atoms with Crippen molar-refractivity contribution in [2.24, 2.45) is 16.8 Å². The summed E-state index contributed by atoms with van der Waals surface area (Å²) in [5.74, 6) is -0.144. The van der Waals surface area contributed by atoms with Crippen molar-refractivity contribution in [1.82, 2.24) is 4.90 Å². The summed E-state index contributed by atoms with van der Waals surface area (Å²) in [5, 5.41) is 21.0. The van der Waals surface area contributed by atoms with Crippen LogP contribution in [0.25, 0.3) is 0 Å². The van der Waals surface area contributed by atoms with Gasteiger partial charge in [-0.25, -0.2) is 0 Å². The van der Waals surface area contributed by atoms with Gasteiger partial charge in [0.15, 0.2) is 0 Å². The van der Waals surface area contributed by atoms with E-state index in [1.165, 1.54) is 6.07 Å². The molecule has 20 heavy (non-hydrogen) atoms. The van der Waals surface area contributed by atoms with E-state index < -0.39 is 0 Å². The van der Waals surface area contributed by atoms with Crippen LogP contribution in [0.1, 0.15) is 29.8 Å². The van der Waals surface area contributed by atoms with Gasteiger partial charge < -0.3 is 20.9 Å². The highest BCUT2D eigenvalue weighted by atomic mass is 16.4. The van der Waals surface area contributed by atoms with Gasteiger partial charge in [0.2, 0.25) is 0 Å². The van der Waals surface area contributed by atoms with E-state index in [-0.39, 0.29) is 23.4 Å². The Morgan fingerprint density at radius 1 is 1.50 bits per heavy atom. The molecular formula is C14H21N3O3. The summed E-state index contributed by atoms with van der Waals surface area (Å²) in [6.45, 7) is 6.31. The van der Waals surface area contributed by atoms with Crippen molar-refractivity contribution in [1.29, 1.82) is 0 Å². The van der Waals surface area contributed by atoms with Crippen molar-refractivity contribution in [2.45, 2.75) is 20.8 Å². The zero-order valence-electron chi connectivity index (χ0n) is 12.0. The quantitative estimate of drug-likeness (QED) is 0.329. The van der Waals surface area contributed by atoms with Gasteiger partial charge >= 0.3 is 0 Å². The van der Waals surface area contributed by atoms with Crippen molar-refractivity contribution in [2.75, 3.05) is 13.1 Å². The molecule has 0 aromatic heterocycles. The van der Waals surface area contributed by atoms with E-state index in [1.807, 2.05) is 6.92 Å². The molecule has 1 atom stereocenters. The minimum Gasteiger partial charge on any atom is -0.508 e. The van der Waals surface area contributed by atoms with Crippen LogP contribution in [0.4, 0.5) is 0 Å². The number of hydrogen-bond acceptors (Lipinski definition) is 4. The predicted octanol–water partition coefficient (Wildman–Crippen LogP) is 1.55. The van der Waals surface area contributed by atoms with Crippen molar-refractivity contribution < 1.29 is 15.1 Å². The average molecular weight is 279 g/mol. The number of phenolic OH excluding ortho intramolecular Hbond substituents is 1. The maximum absolute atomic E-state index is 12.5. The number of phenols is 1. The van der Waals surface area contributed by atoms with Gasteiger partial charge in [-0.2, -0.15) is 0 Å². The topological polar surface area (TPSA) is 99.1 Å². The standard InChI is InChI=1S/C14H21N3O3/c1-4-17(8-10(3)13(15)16-20)14(19)12-6-5-11(18)7-9(12)2/h5-7,10,18,20H,4,8H2,1-3H3,(H2,15,16). The van der Waals surface area contributed by atoms with Crippen LogP contribution in [0.2, 0.25) is 0 Å². The first-order valence-corrected chi connectivity index (χ1v) is 6.47. The first kappa shape index (κ1) is 15.8. The molecule has 0 saturated carbocycles. The van der Waals surface area contributed by atoms with Gasteiger partial charge in [0.05, 0.1) is 0 Å². The third-order valence-electron chi connectivity index (χ3n) is 3.22. The maximum atomic E-state index is 12.5. The molecule has 1 aromatic rings. The molecule has 0 bridgehead atoms. The molecule has 1 aromatic carbocycles. The van der Waals surface area contributed by atoms with Crippen molar-refractivity contribution in [3.8, 4) is 5.75 Å². The number of benzene rings is 1. The van der Waals surface area contributed by atoms with Crippen LogP contribution in [0.15, 0.2) is 23.4 Å². The van der Waals surface area contributed by atoms with E-state index >= 15 is 0 Å². The third kappa shape index (κ3) is 3.63. The Bertz CT molecular complexity index is 514. The fourth-order valence-corrected chi connectivity index (χ4v) is 1.94. The number of rotatable bonds is 5. The number of amidine groups is 1. The van der Waals surface area contributed by atoms with Gasteiger partial charge in [-0.05, 0) is 37.6 Å². The number of oxime groups is 1. The molecule has 1 unspecified atom stereocenters. The van der Waals surface area contributed by atoms with Crippen molar-refractivity contribution in [3.05, 3.63) is 29.3 Å². The molecule has 0 heterocycles. The number of carbonyl (C=O) groups is 1. The zero-order chi connectivity index (χ0) is 15.3. The molecule has 0 radical (unpaired) electrons. The highest BCUT2D eigenvalue weighted by molar-refractivity contribution is 5.96. The molecular weight excluding hydrogens is 258 g/mol. The summed E-state index contributed by atoms with van der Waals surface area (Å²) in [7, 11) is 0. The first-order valence-electron chi connectivity index (χ1n) is 6.47. The zero-order valence-corrected chi connectivity index (χ0v) is 12.0. The molecule has 0 spiro atoms. The average Bonchev–Trinajstić information content (AvgIpc) is 2.42. The van der Waals surface area contributed by atoms with Gasteiger partial charge in [0, 0.05) is 24.6 Å². The van der Waals surface area contributed by atoms with E-state index in [0.29, 0.717) is 24.2 Å². The Kier molecular flexibility index (Phi) is 5.37. The molecule has 0 aliphatic carbocycles. The van der Waals surface area contributed by atoms with Crippen LogP contribution in [0.5, 0.6) is 5.75 Å². The lowest BCUT2D eigenvalue weighted by Gasteiger charge is -2.24. The van der Waals surface area contributed by atoms with Gasteiger partial charge in [-0.1, -0.05) is 12.1 Å². The highest BCUT2D eigenvalue weighted by Gasteiger charge is 2.20. The summed E-state index contributed by atoms with van der Waals surface area (Å²) in [6, 6.07) is 4.64. The van der Waals surface area contributed by atoms with Crippen LogP contribution in [0.3, 0.4) is 0 Å². The van der Waals surface area contributed by atoms with Crippen LogP contribution in [-0.2, 0) is 0 Å². The van der Waals surface area contributed by atoms with Crippen LogP contribution >= 0.6 is 0 Å². The molecule has 6 heteroatoms. The van der Waals surface area contributed by atoms with E-state index in [2.05, 4.69) is 5.16 Å². The monoisotopic (exact) mass is 279 g/mol. The summed E-state index contributed by atoms with van der Waals surface area (Å²) < 4.78 is 0. The molecule has 0 aliphatic rings. The number of nitrogens with two attached hydrogens (primary N) is 1. The van der Waals surface area contributed by atoms with Crippen molar-refractivity contribution in [3.63, 3.8) is 0 Å². The lowest BCUT2D eigenvalue weighted by atomic mass is 10.1. The number of hydrogen-bond donors (Lipinski definition) is 3. The maximum Gasteiger partial charge on any atom is 0.254 e. The Balaban J connectivity index is 2.92. The minimum absolute atomic E-state index is 0.0960. The molecule has 0 saturated heterocycles. The van der Waals surface area contributed by atoms with E-state index in [0.717, 1.165) is 0 Å². The highest BCUT2D eigenvalue weighted by Crippen LogP contribution is 2.18. The van der Waals surface area contributed by atoms with Gasteiger partial charge in [-0.15, -0.1) is 0 Å². The fourth-order valence-electron chi connectivity index (χ4n) is 1.94. The number of aryl methyl sites for hydroxylation is 1. The van der Waals surface area contributed by atoms with E-state index in [9.17, 15) is 9.90 Å². The Labute approximate surface area is 118 Å². The summed E-state index contributed by atoms with van der Waals surface area (Å²) in [5.41, 5.74) is 6.79. The van der Waals surface area contributed by atoms with Crippen molar-refractivity contribution >= 4 is 11.7 Å².